The third-order valence-corrected chi connectivity index (χ3v) is 4.14. The Bertz CT molecular complexity index is 654. The Morgan fingerprint density at radius 2 is 1.78 bits per heavy atom. The standard InChI is InChI=1S/C19H21NO3/c1-3-7-17-18(14-8-5-4-6-9-14)20(19(21)23-17)15-10-12-16(22-2)13-11-15/h4-6,8-13,17-18H,3,7H2,1-2H3/t17-,18+/m1/s1. The lowest BCUT2D eigenvalue weighted by atomic mass is 9.97. The second-order valence-electron chi connectivity index (χ2n) is 5.63. The number of amides is 1. The summed E-state index contributed by atoms with van der Waals surface area (Å²) in [6, 6.07) is 17.5. The molecule has 1 saturated heterocycles. The van der Waals surface area contributed by atoms with Crippen LogP contribution in [0, 0.1) is 0 Å². The highest BCUT2D eigenvalue weighted by atomic mass is 16.6. The number of anilines is 1. The molecule has 1 aliphatic rings. The number of rotatable bonds is 5. The maximum Gasteiger partial charge on any atom is 0.415 e. The summed E-state index contributed by atoms with van der Waals surface area (Å²) in [5.41, 5.74) is 1.91. The highest BCUT2D eigenvalue weighted by Gasteiger charge is 2.42. The second-order valence-corrected chi connectivity index (χ2v) is 5.63. The number of hydrogen-bond acceptors (Lipinski definition) is 3. The monoisotopic (exact) mass is 311 g/mol. The van der Waals surface area contributed by atoms with Crippen LogP contribution in [0.3, 0.4) is 0 Å². The van der Waals surface area contributed by atoms with Crippen molar-refractivity contribution in [2.45, 2.75) is 31.9 Å². The van der Waals surface area contributed by atoms with Crippen molar-refractivity contribution in [3.05, 3.63) is 60.2 Å². The van der Waals surface area contributed by atoms with Gasteiger partial charge in [-0.05, 0) is 36.2 Å². The summed E-state index contributed by atoms with van der Waals surface area (Å²) < 4.78 is 10.8. The van der Waals surface area contributed by atoms with E-state index >= 15 is 0 Å². The van der Waals surface area contributed by atoms with Crippen molar-refractivity contribution in [1.82, 2.24) is 0 Å². The van der Waals surface area contributed by atoms with E-state index in [1.54, 1.807) is 12.0 Å². The van der Waals surface area contributed by atoms with Crippen LogP contribution in [0.25, 0.3) is 0 Å². The molecule has 0 spiro atoms. The molecule has 1 aliphatic heterocycles. The maximum absolute atomic E-state index is 12.5. The topological polar surface area (TPSA) is 38.8 Å². The van der Waals surface area contributed by atoms with E-state index in [0.717, 1.165) is 29.8 Å². The first-order valence-corrected chi connectivity index (χ1v) is 7.93. The molecule has 1 fully saturated rings. The van der Waals surface area contributed by atoms with Crippen molar-refractivity contribution < 1.29 is 14.3 Å². The molecule has 0 saturated carbocycles. The molecule has 4 heteroatoms. The minimum absolute atomic E-state index is 0.1000. The summed E-state index contributed by atoms with van der Waals surface area (Å²) in [4.78, 5) is 14.2. The van der Waals surface area contributed by atoms with Crippen LogP contribution in [0.2, 0.25) is 0 Å². The molecule has 1 heterocycles. The average Bonchev–Trinajstić information content (AvgIpc) is 2.92. The fourth-order valence-electron chi connectivity index (χ4n) is 3.05. The summed E-state index contributed by atoms with van der Waals surface area (Å²) in [5.74, 6) is 0.766. The van der Waals surface area contributed by atoms with Gasteiger partial charge in [0.2, 0.25) is 0 Å². The van der Waals surface area contributed by atoms with E-state index < -0.39 is 0 Å². The Morgan fingerprint density at radius 1 is 1.09 bits per heavy atom. The first kappa shape index (κ1) is 15.4. The zero-order valence-corrected chi connectivity index (χ0v) is 13.4. The van der Waals surface area contributed by atoms with Crippen LogP contribution in [0.4, 0.5) is 10.5 Å². The predicted molar refractivity (Wildman–Crippen MR) is 89.8 cm³/mol. The molecule has 0 aromatic heterocycles. The van der Waals surface area contributed by atoms with Gasteiger partial charge in [0.05, 0.1) is 7.11 Å². The van der Waals surface area contributed by atoms with Crippen LogP contribution < -0.4 is 9.64 Å². The molecule has 2 aromatic rings. The number of carbonyl (C=O) groups is 1. The van der Waals surface area contributed by atoms with E-state index in [9.17, 15) is 4.79 Å². The van der Waals surface area contributed by atoms with Gasteiger partial charge in [0.1, 0.15) is 17.9 Å². The van der Waals surface area contributed by atoms with Crippen LogP contribution >= 0.6 is 0 Å². The zero-order valence-electron chi connectivity index (χ0n) is 13.4. The molecule has 0 N–H and O–H groups in total. The quantitative estimate of drug-likeness (QED) is 0.812. The predicted octanol–water partition coefficient (Wildman–Crippen LogP) is 4.56. The molecule has 0 radical (unpaired) electrons. The fourth-order valence-corrected chi connectivity index (χ4v) is 3.05. The Balaban J connectivity index is 1.99. The highest BCUT2D eigenvalue weighted by Crippen LogP contribution is 2.39. The second kappa shape index (κ2) is 6.73. The van der Waals surface area contributed by atoms with E-state index in [-0.39, 0.29) is 18.2 Å². The van der Waals surface area contributed by atoms with Crippen molar-refractivity contribution in [3.63, 3.8) is 0 Å². The summed E-state index contributed by atoms with van der Waals surface area (Å²) in [6.07, 6.45) is 1.40. The van der Waals surface area contributed by atoms with Gasteiger partial charge in [-0.2, -0.15) is 0 Å². The molecule has 2 atom stereocenters. The number of cyclic esters (lactones) is 1. The van der Waals surface area contributed by atoms with Crippen molar-refractivity contribution in [2.24, 2.45) is 0 Å². The smallest absolute Gasteiger partial charge is 0.415 e. The summed E-state index contributed by atoms with van der Waals surface area (Å²) >= 11 is 0. The molecule has 4 nitrogen and oxygen atoms in total. The van der Waals surface area contributed by atoms with E-state index in [1.165, 1.54) is 0 Å². The van der Waals surface area contributed by atoms with Gasteiger partial charge in [-0.3, -0.25) is 4.90 Å². The third kappa shape index (κ3) is 3.02. The molecular formula is C19H21NO3. The Morgan fingerprint density at radius 3 is 2.39 bits per heavy atom. The first-order chi connectivity index (χ1) is 11.2. The van der Waals surface area contributed by atoms with Gasteiger partial charge < -0.3 is 9.47 Å². The van der Waals surface area contributed by atoms with Gasteiger partial charge in [0, 0.05) is 5.69 Å². The lowest BCUT2D eigenvalue weighted by molar-refractivity contribution is 0.126. The SMILES string of the molecule is CCC[C@H]1OC(=O)N(c2ccc(OC)cc2)[C@H]1c1ccccc1. The van der Waals surface area contributed by atoms with E-state index in [1.807, 2.05) is 54.6 Å². The molecule has 0 bridgehead atoms. The molecule has 1 amide bonds. The summed E-state index contributed by atoms with van der Waals surface area (Å²) in [5, 5.41) is 0. The van der Waals surface area contributed by atoms with Gasteiger partial charge in [-0.1, -0.05) is 43.7 Å². The van der Waals surface area contributed by atoms with Crippen molar-refractivity contribution in [3.8, 4) is 5.75 Å². The first-order valence-electron chi connectivity index (χ1n) is 7.93. The van der Waals surface area contributed by atoms with E-state index in [4.69, 9.17) is 9.47 Å². The lowest BCUT2D eigenvalue weighted by Gasteiger charge is -2.25. The van der Waals surface area contributed by atoms with Crippen LogP contribution in [-0.2, 0) is 4.74 Å². The maximum atomic E-state index is 12.5. The molecule has 120 valence electrons. The average molecular weight is 311 g/mol. The highest BCUT2D eigenvalue weighted by molar-refractivity contribution is 5.91. The van der Waals surface area contributed by atoms with Gasteiger partial charge in [-0.15, -0.1) is 0 Å². The summed E-state index contributed by atoms with van der Waals surface area (Å²) in [6.45, 7) is 2.10. The van der Waals surface area contributed by atoms with Gasteiger partial charge in [-0.25, -0.2) is 4.79 Å². The van der Waals surface area contributed by atoms with E-state index in [2.05, 4.69) is 6.92 Å². The minimum atomic E-state index is -0.289. The van der Waals surface area contributed by atoms with Crippen molar-refractivity contribution >= 4 is 11.8 Å². The molecule has 3 rings (SSSR count). The molecule has 23 heavy (non-hydrogen) atoms. The Kier molecular flexibility index (Phi) is 4.51. The van der Waals surface area contributed by atoms with Gasteiger partial charge >= 0.3 is 6.09 Å². The minimum Gasteiger partial charge on any atom is -0.497 e. The molecule has 2 aromatic carbocycles. The largest absolute Gasteiger partial charge is 0.497 e. The Labute approximate surface area is 136 Å². The number of methoxy groups -OCH3 is 1. The molecule has 0 aliphatic carbocycles. The zero-order chi connectivity index (χ0) is 16.2. The third-order valence-electron chi connectivity index (χ3n) is 4.14. The summed E-state index contributed by atoms with van der Waals surface area (Å²) in [7, 11) is 1.63. The number of carbonyl (C=O) groups excluding carboxylic acids is 1. The Hall–Kier alpha value is -2.49. The van der Waals surface area contributed by atoms with Crippen LogP contribution in [0.15, 0.2) is 54.6 Å². The molecule has 0 unspecified atom stereocenters. The normalized spacial score (nSPS) is 20.4. The van der Waals surface area contributed by atoms with Crippen molar-refractivity contribution in [2.75, 3.05) is 12.0 Å². The van der Waals surface area contributed by atoms with Gasteiger partial charge in [0.15, 0.2) is 0 Å². The number of benzene rings is 2. The molecular weight excluding hydrogens is 290 g/mol. The van der Waals surface area contributed by atoms with Gasteiger partial charge in [0.25, 0.3) is 0 Å². The van der Waals surface area contributed by atoms with Crippen molar-refractivity contribution in [1.29, 1.82) is 0 Å². The van der Waals surface area contributed by atoms with E-state index in [0.29, 0.717) is 0 Å². The number of nitrogens with zero attached hydrogens (tertiary/aromatic N) is 1. The number of ether oxygens (including phenoxy) is 2. The van der Waals surface area contributed by atoms with Crippen LogP contribution in [-0.4, -0.2) is 19.3 Å². The number of hydrogen-bond donors (Lipinski definition) is 0. The van der Waals surface area contributed by atoms with Crippen LogP contribution in [0.5, 0.6) is 5.75 Å². The van der Waals surface area contributed by atoms with Crippen LogP contribution in [0.1, 0.15) is 31.4 Å². The fraction of sp³-hybridized carbons (Fsp3) is 0.316. The lowest BCUT2D eigenvalue weighted by Crippen LogP contribution is -2.29.